The molecular weight excluding hydrogens is 232 g/mol. The van der Waals surface area contributed by atoms with Crippen LogP contribution in [0.2, 0.25) is 0 Å². The van der Waals surface area contributed by atoms with Gasteiger partial charge in [0.15, 0.2) is 0 Å². The summed E-state index contributed by atoms with van der Waals surface area (Å²) in [5.74, 6) is 0.342. The molecule has 3 aliphatic heterocycles. The van der Waals surface area contributed by atoms with E-state index in [0.29, 0.717) is 19.1 Å². The first-order valence-corrected chi connectivity index (χ1v) is 7.24. The largest absolute Gasteiger partial charge is 0.390 e. The summed E-state index contributed by atoms with van der Waals surface area (Å²) in [5.41, 5.74) is -0.651. The van der Waals surface area contributed by atoms with E-state index >= 15 is 0 Å². The second kappa shape index (κ2) is 5.08. The first-order valence-electron chi connectivity index (χ1n) is 7.24. The van der Waals surface area contributed by atoms with Crippen LogP contribution < -0.4 is 0 Å². The molecule has 3 fully saturated rings. The number of hydrogen-bond acceptors (Lipinski definition) is 4. The molecule has 1 N–H and O–H groups in total. The van der Waals surface area contributed by atoms with Gasteiger partial charge in [-0.3, -0.25) is 0 Å². The minimum absolute atomic E-state index is 0.105. The molecule has 3 heterocycles. The Hall–Kier alpha value is -0.160. The first kappa shape index (κ1) is 12.9. The normalized spacial score (nSPS) is 46.2. The van der Waals surface area contributed by atoms with Crippen molar-refractivity contribution in [2.24, 2.45) is 5.92 Å². The van der Waals surface area contributed by atoms with Crippen molar-refractivity contribution in [3.05, 3.63) is 0 Å². The quantitative estimate of drug-likeness (QED) is 0.772. The van der Waals surface area contributed by atoms with Crippen molar-refractivity contribution in [2.75, 3.05) is 33.0 Å². The molecule has 0 amide bonds. The van der Waals surface area contributed by atoms with Crippen LogP contribution in [0.3, 0.4) is 0 Å². The lowest BCUT2D eigenvalue weighted by atomic mass is 9.72. The lowest BCUT2D eigenvalue weighted by Crippen LogP contribution is -2.49. The molecule has 3 rings (SSSR count). The Kier molecular flexibility index (Phi) is 3.63. The Bertz CT molecular complexity index is 278. The highest BCUT2D eigenvalue weighted by molar-refractivity contribution is 4.97. The number of ether oxygens (including phenoxy) is 3. The molecule has 3 atom stereocenters. The Labute approximate surface area is 109 Å². The number of hydrogen-bond donors (Lipinski definition) is 1. The van der Waals surface area contributed by atoms with Gasteiger partial charge in [0.05, 0.1) is 17.8 Å². The van der Waals surface area contributed by atoms with Crippen LogP contribution in [0.25, 0.3) is 0 Å². The SMILES string of the molecule is OC1(C2CCOC3(CCOC3)C2)CCCOCC1. The van der Waals surface area contributed by atoms with Crippen molar-refractivity contribution < 1.29 is 19.3 Å². The molecule has 0 aliphatic carbocycles. The highest BCUT2D eigenvalue weighted by atomic mass is 16.6. The average molecular weight is 256 g/mol. The third kappa shape index (κ3) is 2.44. The molecule has 104 valence electrons. The zero-order valence-electron chi connectivity index (χ0n) is 11.0. The second-order valence-corrected chi connectivity index (χ2v) is 6.09. The molecule has 3 unspecified atom stereocenters. The molecule has 0 aromatic carbocycles. The second-order valence-electron chi connectivity index (χ2n) is 6.09. The van der Waals surface area contributed by atoms with Crippen molar-refractivity contribution in [3.8, 4) is 0 Å². The topological polar surface area (TPSA) is 47.9 Å². The van der Waals surface area contributed by atoms with E-state index in [-0.39, 0.29) is 5.60 Å². The summed E-state index contributed by atoms with van der Waals surface area (Å²) >= 11 is 0. The Morgan fingerprint density at radius 3 is 2.67 bits per heavy atom. The average Bonchev–Trinajstić information content (AvgIpc) is 2.69. The summed E-state index contributed by atoms with van der Waals surface area (Å²) in [5, 5.41) is 10.9. The van der Waals surface area contributed by atoms with Crippen molar-refractivity contribution in [1.82, 2.24) is 0 Å². The maximum absolute atomic E-state index is 10.9. The number of aliphatic hydroxyl groups is 1. The van der Waals surface area contributed by atoms with Crippen molar-refractivity contribution in [2.45, 2.75) is 49.7 Å². The molecule has 3 saturated heterocycles. The van der Waals surface area contributed by atoms with E-state index in [9.17, 15) is 5.11 Å². The summed E-state index contributed by atoms with van der Waals surface area (Å²) in [4.78, 5) is 0. The summed E-state index contributed by atoms with van der Waals surface area (Å²) in [7, 11) is 0. The highest BCUT2D eigenvalue weighted by Gasteiger charge is 2.47. The van der Waals surface area contributed by atoms with Gasteiger partial charge in [-0.25, -0.2) is 0 Å². The molecule has 1 spiro atoms. The minimum Gasteiger partial charge on any atom is -0.390 e. The molecule has 4 nitrogen and oxygen atoms in total. The molecule has 3 aliphatic rings. The van der Waals surface area contributed by atoms with Gasteiger partial charge in [-0.1, -0.05) is 0 Å². The predicted molar refractivity (Wildman–Crippen MR) is 66.5 cm³/mol. The van der Waals surface area contributed by atoms with Crippen molar-refractivity contribution >= 4 is 0 Å². The van der Waals surface area contributed by atoms with E-state index in [1.54, 1.807) is 0 Å². The van der Waals surface area contributed by atoms with E-state index in [4.69, 9.17) is 14.2 Å². The van der Waals surface area contributed by atoms with Crippen LogP contribution in [0.1, 0.15) is 38.5 Å². The third-order valence-electron chi connectivity index (χ3n) is 4.90. The molecule has 18 heavy (non-hydrogen) atoms. The van der Waals surface area contributed by atoms with E-state index in [0.717, 1.165) is 58.3 Å². The summed E-state index contributed by atoms with van der Waals surface area (Å²) in [6, 6.07) is 0. The monoisotopic (exact) mass is 256 g/mol. The van der Waals surface area contributed by atoms with Gasteiger partial charge in [0.25, 0.3) is 0 Å². The van der Waals surface area contributed by atoms with E-state index in [1.165, 1.54) is 0 Å². The summed E-state index contributed by atoms with van der Waals surface area (Å²) in [6.07, 6.45) is 5.51. The maximum atomic E-state index is 10.9. The van der Waals surface area contributed by atoms with Crippen LogP contribution in [0.15, 0.2) is 0 Å². The lowest BCUT2D eigenvalue weighted by Gasteiger charge is -2.44. The molecular formula is C14H24O4. The van der Waals surface area contributed by atoms with Gasteiger partial charge >= 0.3 is 0 Å². The van der Waals surface area contributed by atoms with Crippen LogP contribution in [-0.4, -0.2) is 49.3 Å². The van der Waals surface area contributed by atoms with E-state index in [1.807, 2.05) is 0 Å². The van der Waals surface area contributed by atoms with Gasteiger partial charge in [0.1, 0.15) is 0 Å². The molecule has 0 saturated carbocycles. The molecule has 4 heteroatoms. The maximum Gasteiger partial charge on any atom is 0.0940 e. The van der Waals surface area contributed by atoms with Gasteiger partial charge in [-0.05, 0) is 38.0 Å². The third-order valence-corrected chi connectivity index (χ3v) is 4.90. The van der Waals surface area contributed by atoms with Gasteiger partial charge in [-0.15, -0.1) is 0 Å². The van der Waals surface area contributed by atoms with Crippen LogP contribution in [-0.2, 0) is 14.2 Å². The molecule has 0 aromatic rings. The Morgan fingerprint density at radius 1 is 0.944 bits per heavy atom. The van der Waals surface area contributed by atoms with Gasteiger partial charge in [0, 0.05) is 32.8 Å². The van der Waals surface area contributed by atoms with Crippen molar-refractivity contribution in [1.29, 1.82) is 0 Å². The number of rotatable bonds is 1. The Balaban J connectivity index is 1.70. The Morgan fingerprint density at radius 2 is 1.83 bits per heavy atom. The van der Waals surface area contributed by atoms with Crippen LogP contribution in [0.4, 0.5) is 0 Å². The fourth-order valence-electron chi connectivity index (χ4n) is 3.71. The van der Waals surface area contributed by atoms with Gasteiger partial charge in [-0.2, -0.15) is 0 Å². The fourth-order valence-corrected chi connectivity index (χ4v) is 3.71. The minimum atomic E-state index is -0.546. The van der Waals surface area contributed by atoms with Crippen molar-refractivity contribution in [3.63, 3.8) is 0 Å². The zero-order valence-corrected chi connectivity index (χ0v) is 11.0. The smallest absolute Gasteiger partial charge is 0.0940 e. The predicted octanol–water partition coefficient (Wildman–Crippen LogP) is 1.50. The summed E-state index contributed by atoms with van der Waals surface area (Å²) in [6.45, 7) is 3.75. The molecule has 0 radical (unpaired) electrons. The van der Waals surface area contributed by atoms with E-state index in [2.05, 4.69) is 0 Å². The van der Waals surface area contributed by atoms with Gasteiger partial charge in [0.2, 0.25) is 0 Å². The fraction of sp³-hybridized carbons (Fsp3) is 1.00. The highest BCUT2D eigenvalue weighted by Crippen LogP contribution is 2.43. The standard InChI is InChI=1S/C14H24O4/c15-14(3-1-6-16-9-5-14)12-2-7-18-13(10-12)4-8-17-11-13/h12,15H,1-11H2. The lowest BCUT2D eigenvalue weighted by molar-refractivity contribution is -0.146. The molecule has 0 aromatic heterocycles. The van der Waals surface area contributed by atoms with Crippen LogP contribution in [0, 0.1) is 5.92 Å². The molecule has 0 bridgehead atoms. The van der Waals surface area contributed by atoms with E-state index < -0.39 is 5.60 Å². The van der Waals surface area contributed by atoms with Crippen LogP contribution >= 0.6 is 0 Å². The van der Waals surface area contributed by atoms with Crippen LogP contribution in [0.5, 0.6) is 0 Å². The zero-order chi connectivity index (χ0) is 12.5. The first-order chi connectivity index (χ1) is 8.73. The summed E-state index contributed by atoms with van der Waals surface area (Å²) < 4.78 is 16.9. The van der Waals surface area contributed by atoms with Gasteiger partial charge < -0.3 is 19.3 Å².